The summed E-state index contributed by atoms with van der Waals surface area (Å²) in [6.45, 7) is 8.13. The van der Waals surface area contributed by atoms with Crippen molar-refractivity contribution in [2.75, 3.05) is 19.0 Å². The summed E-state index contributed by atoms with van der Waals surface area (Å²) in [5, 5.41) is 7.46. The Kier molecular flexibility index (Phi) is 9.57. The summed E-state index contributed by atoms with van der Waals surface area (Å²) in [5.74, 6) is 0.374. The van der Waals surface area contributed by atoms with Gasteiger partial charge >= 0.3 is 0 Å². The normalized spacial score (nSPS) is 13.2. The smallest absolute Gasteiger partial charge is 0.258 e. The van der Waals surface area contributed by atoms with Crippen molar-refractivity contribution < 1.29 is 14.3 Å². The molecule has 1 N–H and O–H groups in total. The number of amides is 2. The lowest BCUT2D eigenvalue weighted by Crippen LogP contribution is -2.28. The summed E-state index contributed by atoms with van der Waals surface area (Å²) in [6.07, 6.45) is 9.72. The van der Waals surface area contributed by atoms with Gasteiger partial charge in [0.2, 0.25) is 11.9 Å². The van der Waals surface area contributed by atoms with Gasteiger partial charge in [0.15, 0.2) is 0 Å². The van der Waals surface area contributed by atoms with E-state index in [1.165, 1.54) is 0 Å². The number of ether oxygens (including phenoxy) is 1. The SMILES string of the molecule is CN(C(=O)CCCc1cn(-c2ccccc2)c(NC(=O)c2cccc(-c3cnn(COCC[Si](C)(C)C)c3)c2)n1)C1CC1. The van der Waals surface area contributed by atoms with Gasteiger partial charge in [-0.3, -0.25) is 19.5 Å². The molecular weight excluding hydrogens is 556 g/mol. The first-order valence-electron chi connectivity index (χ1n) is 15.1. The van der Waals surface area contributed by atoms with Crippen LogP contribution in [-0.4, -0.2) is 63.8 Å². The molecule has 1 aliphatic rings. The molecule has 1 aliphatic carbocycles. The Morgan fingerprint density at radius 3 is 2.58 bits per heavy atom. The van der Waals surface area contributed by atoms with Gasteiger partial charge in [0.05, 0.1) is 11.9 Å². The predicted octanol–water partition coefficient (Wildman–Crippen LogP) is 6.24. The zero-order chi connectivity index (χ0) is 30.4. The van der Waals surface area contributed by atoms with Crippen LogP contribution in [0.1, 0.15) is 41.7 Å². The maximum Gasteiger partial charge on any atom is 0.258 e. The molecular formula is C33H42N6O3Si. The van der Waals surface area contributed by atoms with E-state index in [1.54, 1.807) is 16.9 Å². The first-order valence-corrected chi connectivity index (χ1v) is 18.8. The second-order valence-corrected chi connectivity index (χ2v) is 18.1. The van der Waals surface area contributed by atoms with Crippen LogP contribution < -0.4 is 5.32 Å². The van der Waals surface area contributed by atoms with Crippen LogP contribution in [0.25, 0.3) is 16.8 Å². The number of carbonyl (C=O) groups excluding carboxylic acids is 2. The van der Waals surface area contributed by atoms with E-state index in [4.69, 9.17) is 9.72 Å². The van der Waals surface area contributed by atoms with Crippen molar-refractivity contribution in [2.24, 2.45) is 0 Å². The number of aryl methyl sites for hydroxylation is 1. The van der Waals surface area contributed by atoms with Crippen molar-refractivity contribution in [1.29, 1.82) is 0 Å². The topological polar surface area (TPSA) is 94.3 Å². The number of nitrogens with zero attached hydrogens (tertiary/aromatic N) is 5. The molecule has 5 rings (SSSR count). The number of carbonyl (C=O) groups is 2. The first kappa shape index (κ1) is 30.4. The third-order valence-corrected chi connectivity index (χ3v) is 9.34. The molecule has 4 aromatic rings. The van der Waals surface area contributed by atoms with Crippen molar-refractivity contribution in [3.05, 3.63) is 84.4 Å². The molecule has 43 heavy (non-hydrogen) atoms. The van der Waals surface area contributed by atoms with Crippen LogP contribution in [0.2, 0.25) is 25.7 Å². The van der Waals surface area contributed by atoms with E-state index in [0.29, 0.717) is 43.5 Å². The largest absolute Gasteiger partial charge is 0.360 e. The van der Waals surface area contributed by atoms with Crippen LogP contribution in [0, 0.1) is 0 Å². The van der Waals surface area contributed by atoms with Crippen LogP contribution in [0.4, 0.5) is 5.95 Å². The zero-order valence-electron chi connectivity index (χ0n) is 25.6. The van der Waals surface area contributed by atoms with Crippen molar-refractivity contribution in [2.45, 2.75) is 70.6 Å². The fraction of sp³-hybridized carbons (Fsp3) is 0.394. The molecule has 0 atom stereocenters. The van der Waals surface area contributed by atoms with Crippen molar-refractivity contribution in [3.63, 3.8) is 0 Å². The van der Waals surface area contributed by atoms with Gasteiger partial charge in [-0.25, -0.2) is 9.67 Å². The quantitative estimate of drug-likeness (QED) is 0.137. The van der Waals surface area contributed by atoms with E-state index in [2.05, 4.69) is 30.1 Å². The van der Waals surface area contributed by atoms with E-state index < -0.39 is 8.07 Å². The molecule has 2 aromatic carbocycles. The molecule has 0 aliphatic heterocycles. The van der Waals surface area contributed by atoms with E-state index in [0.717, 1.165) is 48.0 Å². The third-order valence-electron chi connectivity index (χ3n) is 7.64. The summed E-state index contributed by atoms with van der Waals surface area (Å²) in [5.41, 5.74) is 4.06. The summed E-state index contributed by atoms with van der Waals surface area (Å²) in [7, 11) is 0.754. The average Bonchev–Trinajstić information content (AvgIpc) is 3.60. The molecule has 0 unspecified atom stereocenters. The molecule has 1 saturated carbocycles. The summed E-state index contributed by atoms with van der Waals surface area (Å²) in [6, 6.07) is 18.8. The second-order valence-electron chi connectivity index (χ2n) is 12.5. The summed E-state index contributed by atoms with van der Waals surface area (Å²) in [4.78, 5) is 32.5. The molecule has 2 amide bonds. The first-order chi connectivity index (χ1) is 20.7. The minimum absolute atomic E-state index is 0.179. The highest BCUT2D eigenvalue weighted by Crippen LogP contribution is 2.26. The Morgan fingerprint density at radius 2 is 1.84 bits per heavy atom. The maximum atomic E-state index is 13.4. The zero-order valence-corrected chi connectivity index (χ0v) is 26.6. The van der Waals surface area contributed by atoms with Crippen molar-refractivity contribution >= 4 is 25.8 Å². The van der Waals surface area contributed by atoms with Crippen LogP contribution in [-0.2, 0) is 22.7 Å². The van der Waals surface area contributed by atoms with E-state index in [-0.39, 0.29) is 11.8 Å². The second kappa shape index (κ2) is 13.5. The number of rotatable bonds is 14. The lowest BCUT2D eigenvalue weighted by atomic mass is 10.1. The van der Waals surface area contributed by atoms with Gasteiger partial charge in [-0.2, -0.15) is 5.10 Å². The van der Waals surface area contributed by atoms with Gasteiger partial charge in [0.25, 0.3) is 5.91 Å². The minimum Gasteiger partial charge on any atom is -0.360 e. The molecule has 10 heteroatoms. The highest BCUT2D eigenvalue weighted by atomic mass is 28.3. The summed E-state index contributed by atoms with van der Waals surface area (Å²) < 4.78 is 9.49. The Labute approximate surface area is 254 Å². The average molecular weight is 599 g/mol. The Balaban J connectivity index is 1.25. The van der Waals surface area contributed by atoms with Crippen molar-refractivity contribution in [1.82, 2.24) is 24.2 Å². The van der Waals surface area contributed by atoms with Gasteiger partial charge in [-0.1, -0.05) is 50.0 Å². The van der Waals surface area contributed by atoms with Crippen molar-refractivity contribution in [3.8, 4) is 16.8 Å². The van der Waals surface area contributed by atoms with Crippen LogP contribution >= 0.6 is 0 Å². The Morgan fingerprint density at radius 1 is 1.05 bits per heavy atom. The molecule has 0 spiro atoms. The molecule has 2 heterocycles. The number of anilines is 1. The molecule has 226 valence electrons. The molecule has 0 radical (unpaired) electrons. The fourth-order valence-corrected chi connectivity index (χ4v) is 5.58. The van der Waals surface area contributed by atoms with Gasteiger partial charge < -0.3 is 9.64 Å². The minimum atomic E-state index is -1.14. The van der Waals surface area contributed by atoms with Crippen LogP contribution in [0.3, 0.4) is 0 Å². The maximum absolute atomic E-state index is 13.4. The fourth-order valence-electron chi connectivity index (χ4n) is 4.82. The third kappa shape index (κ3) is 8.52. The summed E-state index contributed by atoms with van der Waals surface area (Å²) >= 11 is 0. The molecule has 0 bridgehead atoms. The number of hydrogen-bond donors (Lipinski definition) is 1. The molecule has 0 saturated heterocycles. The number of para-hydroxylation sites is 1. The van der Waals surface area contributed by atoms with Crippen LogP contribution in [0.5, 0.6) is 0 Å². The van der Waals surface area contributed by atoms with Crippen LogP contribution in [0.15, 0.2) is 73.2 Å². The standard InChI is InChI=1S/C33H42N6O3Si/c1-37(29-16-17-29)31(40)15-9-12-28-23-39(30-13-6-5-7-14-30)33(35-28)36-32(41)26-11-8-10-25(20-26)27-21-34-38(22-27)24-42-18-19-43(2,3)4/h5-8,10-11,13-14,20-23,29H,9,12,15-19,24H2,1-4H3,(H,35,36,41). The predicted molar refractivity (Wildman–Crippen MR) is 172 cm³/mol. The number of benzene rings is 2. The van der Waals surface area contributed by atoms with Gasteiger partial charge in [-0.05, 0) is 61.6 Å². The van der Waals surface area contributed by atoms with E-state index in [9.17, 15) is 9.59 Å². The Bertz CT molecular complexity index is 1540. The highest BCUT2D eigenvalue weighted by molar-refractivity contribution is 6.76. The Hall–Kier alpha value is -4.02. The monoisotopic (exact) mass is 598 g/mol. The number of hydrogen-bond acceptors (Lipinski definition) is 5. The molecule has 2 aromatic heterocycles. The van der Waals surface area contributed by atoms with Gasteiger partial charge in [0.1, 0.15) is 6.73 Å². The van der Waals surface area contributed by atoms with Gasteiger partial charge in [-0.15, -0.1) is 0 Å². The molecule has 9 nitrogen and oxygen atoms in total. The number of aromatic nitrogens is 4. The highest BCUT2D eigenvalue weighted by Gasteiger charge is 2.29. The number of nitrogens with one attached hydrogen (secondary N) is 1. The lowest BCUT2D eigenvalue weighted by molar-refractivity contribution is -0.130. The number of imidazole rings is 1. The van der Waals surface area contributed by atoms with Gasteiger partial charge in [0, 0.05) is 63.4 Å². The lowest BCUT2D eigenvalue weighted by Gasteiger charge is -2.15. The molecule has 1 fully saturated rings. The van der Waals surface area contributed by atoms with E-state index >= 15 is 0 Å². The van der Waals surface area contributed by atoms with E-state index in [1.807, 2.05) is 77.4 Å².